The molecule has 0 heterocycles. The third-order valence-electron chi connectivity index (χ3n) is 7.03. The van der Waals surface area contributed by atoms with Crippen molar-refractivity contribution >= 4 is 11.8 Å². The van der Waals surface area contributed by atoms with Gasteiger partial charge in [0.05, 0.1) is 0 Å². The number of phenolic OH excluding ortho intramolecular Hbond substituents is 2. The van der Waals surface area contributed by atoms with Gasteiger partial charge in [0, 0.05) is 10.5 Å². The Bertz CT molecular complexity index is 848. The Morgan fingerprint density at radius 2 is 0.686 bits per heavy atom. The average molecular weight is 499 g/mol. The zero-order valence-electron chi connectivity index (χ0n) is 24.2. The third kappa shape index (κ3) is 6.79. The second-order valence-corrected chi connectivity index (χ2v) is 13.5. The molecular weight excluding hydrogens is 448 g/mol. The van der Waals surface area contributed by atoms with E-state index in [9.17, 15) is 10.2 Å². The summed E-state index contributed by atoms with van der Waals surface area (Å²) in [7, 11) is 0. The van der Waals surface area contributed by atoms with Crippen LogP contribution >= 0.6 is 11.8 Å². The summed E-state index contributed by atoms with van der Waals surface area (Å²) in [5.41, 5.74) is 6.82. The maximum Gasteiger partial charge on any atom is 0.122 e. The number of thioether (sulfide) groups is 1. The van der Waals surface area contributed by atoms with E-state index in [4.69, 9.17) is 0 Å². The molecule has 2 aromatic rings. The van der Waals surface area contributed by atoms with E-state index in [1.165, 1.54) is 11.1 Å². The molecule has 0 amide bonds. The van der Waals surface area contributed by atoms with E-state index in [1.807, 2.05) is 11.8 Å². The largest absolute Gasteiger partial charge is 0.507 e. The molecule has 0 bridgehead atoms. The number of hydrogen-bond acceptors (Lipinski definition) is 3. The molecule has 2 N–H and O–H groups in total. The standard InChI is InChI=1S/C32H50O2S/c1-17(2)25-13-23(14-26(18(3)4)29(25)33)31(21(9)10)35-32(22(11)12)24-15-27(19(5)6)30(34)28(16-24)20(7)8/h13-22,31-34H,1-12H3. The summed E-state index contributed by atoms with van der Waals surface area (Å²) in [5, 5.41) is 22.6. The van der Waals surface area contributed by atoms with Gasteiger partial charge >= 0.3 is 0 Å². The molecule has 2 unspecified atom stereocenters. The molecule has 3 heteroatoms. The van der Waals surface area contributed by atoms with Crippen LogP contribution in [0.4, 0.5) is 0 Å². The molecule has 35 heavy (non-hydrogen) atoms. The molecule has 2 rings (SSSR count). The second-order valence-electron chi connectivity index (χ2n) is 12.2. The van der Waals surface area contributed by atoms with Gasteiger partial charge in [-0.1, -0.05) is 107 Å². The van der Waals surface area contributed by atoms with Gasteiger partial charge in [0.2, 0.25) is 0 Å². The van der Waals surface area contributed by atoms with Gasteiger partial charge in [-0.25, -0.2) is 0 Å². The minimum absolute atomic E-state index is 0.269. The Morgan fingerprint density at radius 1 is 0.457 bits per heavy atom. The lowest BCUT2D eigenvalue weighted by atomic mass is 9.88. The van der Waals surface area contributed by atoms with Crippen molar-refractivity contribution in [3.8, 4) is 11.5 Å². The van der Waals surface area contributed by atoms with E-state index in [0.717, 1.165) is 22.3 Å². The number of phenols is 2. The van der Waals surface area contributed by atoms with Crippen molar-refractivity contribution in [1.82, 2.24) is 0 Å². The zero-order valence-corrected chi connectivity index (χ0v) is 25.0. The smallest absolute Gasteiger partial charge is 0.122 e. The summed E-state index contributed by atoms with van der Waals surface area (Å²) < 4.78 is 0. The molecule has 0 fully saturated rings. The molecule has 0 spiro atoms. The van der Waals surface area contributed by atoms with Crippen LogP contribution in [0.2, 0.25) is 0 Å². The fraction of sp³-hybridized carbons (Fsp3) is 0.625. The quantitative estimate of drug-likeness (QED) is 0.342. The first kappa shape index (κ1) is 29.6. The van der Waals surface area contributed by atoms with Gasteiger partial charge in [0.1, 0.15) is 11.5 Å². The van der Waals surface area contributed by atoms with Crippen LogP contribution in [-0.2, 0) is 0 Å². The van der Waals surface area contributed by atoms with E-state index in [2.05, 4.69) is 107 Å². The topological polar surface area (TPSA) is 40.5 Å². The highest BCUT2D eigenvalue weighted by Crippen LogP contribution is 2.51. The van der Waals surface area contributed by atoms with Crippen molar-refractivity contribution in [1.29, 1.82) is 0 Å². The summed E-state index contributed by atoms with van der Waals surface area (Å²) in [6.07, 6.45) is 0. The van der Waals surface area contributed by atoms with Crippen molar-refractivity contribution < 1.29 is 10.2 Å². The Labute approximate surface area is 219 Å². The van der Waals surface area contributed by atoms with E-state index in [-0.39, 0.29) is 23.7 Å². The molecule has 2 nitrogen and oxygen atoms in total. The van der Waals surface area contributed by atoms with E-state index < -0.39 is 0 Å². The van der Waals surface area contributed by atoms with Crippen molar-refractivity contribution in [3.63, 3.8) is 0 Å². The van der Waals surface area contributed by atoms with Gasteiger partial charge in [-0.3, -0.25) is 0 Å². The van der Waals surface area contributed by atoms with Crippen LogP contribution in [0.15, 0.2) is 24.3 Å². The predicted octanol–water partition coefficient (Wildman–Crippen LogP) is 10.4. The Balaban J connectivity index is 2.66. The maximum atomic E-state index is 11.0. The normalized spacial score (nSPS) is 14.2. The summed E-state index contributed by atoms with van der Waals surface area (Å²) >= 11 is 2.04. The van der Waals surface area contributed by atoms with Gasteiger partial charge in [0.25, 0.3) is 0 Å². The molecule has 0 aliphatic heterocycles. The number of hydrogen-bond donors (Lipinski definition) is 2. The zero-order chi connectivity index (χ0) is 26.8. The summed E-state index contributed by atoms with van der Waals surface area (Å²) in [5.74, 6) is 2.89. The monoisotopic (exact) mass is 498 g/mol. The maximum absolute atomic E-state index is 11.0. The molecule has 196 valence electrons. The molecule has 2 atom stereocenters. The van der Waals surface area contributed by atoms with Gasteiger partial charge in [-0.2, -0.15) is 0 Å². The molecule has 0 saturated carbocycles. The summed E-state index contributed by atoms with van der Waals surface area (Å²) in [4.78, 5) is 0. The molecule has 0 aromatic heterocycles. The number of aromatic hydroxyl groups is 2. The van der Waals surface area contributed by atoms with Crippen molar-refractivity contribution in [3.05, 3.63) is 57.6 Å². The number of rotatable bonds is 10. The Hall–Kier alpha value is -1.61. The van der Waals surface area contributed by atoms with Crippen LogP contribution in [0.3, 0.4) is 0 Å². The van der Waals surface area contributed by atoms with Gasteiger partial charge < -0.3 is 10.2 Å². The van der Waals surface area contributed by atoms with E-state index in [1.54, 1.807) is 0 Å². The van der Waals surface area contributed by atoms with Gasteiger partial charge in [-0.05, 0) is 68.9 Å². The van der Waals surface area contributed by atoms with Gasteiger partial charge in [-0.15, -0.1) is 11.8 Å². The number of benzene rings is 2. The lowest BCUT2D eigenvalue weighted by Gasteiger charge is -2.31. The van der Waals surface area contributed by atoms with Crippen LogP contribution in [0.1, 0.15) is 151 Å². The average Bonchev–Trinajstić information content (AvgIpc) is 2.73. The highest BCUT2D eigenvalue weighted by atomic mass is 32.2. The van der Waals surface area contributed by atoms with Crippen LogP contribution in [0, 0.1) is 11.8 Å². The molecule has 0 radical (unpaired) electrons. The third-order valence-corrected chi connectivity index (χ3v) is 9.25. The van der Waals surface area contributed by atoms with Crippen molar-refractivity contribution in [2.75, 3.05) is 0 Å². The minimum atomic E-state index is 0.269. The first-order valence-corrected chi connectivity index (χ1v) is 14.5. The Morgan fingerprint density at radius 3 is 0.857 bits per heavy atom. The van der Waals surface area contributed by atoms with Crippen LogP contribution in [0.5, 0.6) is 11.5 Å². The summed E-state index contributed by atoms with van der Waals surface area (Å²) in [6, 6.07) is 8.99. The molecular formula is C32H50O2S. The highest BCUT2D eigenvalue weighted by Gasteiger charge is 2.29. The van der Waals surface area contributed by atoms with Crippen LogP contribution < -0.4 is 0 Å². The van der Waals surface area contributed by atoms with Crippen LogP contribution in [-0.4, -0.2) is 10.2 Å². The van der Waals surface area contributed by atoms with E-state index in [0.29, 0.717) is 33.8 Å². The Kier molecular flexibility index (Phi) is 10.2. The van der Waals surface area contributed by atoms with Crippen molar-refractivity contribution in [2.45, 2.75) is 117 Å². The lowest BCUT2D eigenvalue weighted by Crippen LogP contribution is -2.12. The summed E-state index contributed by atoms with van der Waals surface area (Å²) in [6.45, 7) is 26.5. The first-order valence-electron chi connectivity index (χ1n) is 13.6. The molecule has 0 aliphatic rings. The predicted molar refractivity (Wildman–Crippen MR) is 155 cm³/mol. The lowest BCUT2D eigenvalue weighted by molar-refractivity contribution is 0.453. The molecule has 2 aromatic carbocycles. The second kappa shape index (κ2) is 12.1. The SMILES string of the molecule is CC(C)c1cc(C(SC(c2cc(C(C)C)c(O)c(C(C)C)c2)C(C)C)C(C)C)cc(C(C)C)c1O. The minimum Gasteiger partial charge on any atom is -0.507 e. The first-order chi connectivity index (χ1) is 16.2. The molecule has 0 aliphatic carbocycles. The highest BCUT2D eigenvalue weighted by molar-refractivity contribution is 7.99. The van der Waals surface area contributed by atoms with Crippen molar-refractivity contribution in [2.24, 2.45) is 11.8 Å². The van der Waals surface area contributed by atoms with Gasteiger partial charge in [0.15, 0.2) is 0 Å². The van der Waals surface area contributed by atoms with E-state index >= 15 is 0 Å². The van der Waals surface area contributed by atoms with Crippen LogP contribution in [0.25, 0.3) is 0 Å². The molecule has 0 saturated heterocycles. The fourth-order valence-corrected chi connectivity index (χ4v) is 6.43. The fourth-order valence-electron chi connectivity index (χ4n) is 4.90.